The van der Waals surface area contributed by atoms with E-state index in [2.05, 4.69) is 30.3 Å². The number of halogens is 6. The normalized spacial score (nSPS) is 12.2. The van der Waals surface area contributed by atoms with E-state index in [1.807, 2.05) is 0 Å². The van der Waals surface area contributed by atoms with Crippen molar-refractivity contribution in [3.63, 3.8) is 0 Å². The number of nitrogens with one attached hydrogen (secondary N) is 2. The van der Waals surface area contributed by atoms with Crippen molar-refractivity contribution in [3.05, 3.63) is 34.4 Å². The lowest BCUT2D eigenvalue weighted by Crippen LogP contribution is -2.47. The number of hydrogen-bond acceptors (Lipinski definition) is 8. The maximum atomic E-state index is 12.8. The lowest BCUT2D eigenvalue weighted by Gasteiger charge is -2.23. The summed E-state index contributed by atoms with van der Waals surface area (Å²) in [6, 6.07) is 3.30. The van der Waals surface area contributed by atoms with Gasteiger partial charge in [-0.25, -0.2) is 0 Å². The minimum atomic E-state index is -5.77. The first-order valence-corrected chi connectivity index (χ1v) is 8.10. The fourth-order valence-electron chi connectivity index (χ4n) is 2.04. The monoisotopic (exact) mass is 440 g/mol. The number of non-ortho nitro benzene ring substituents is 1. The van der Waals surface area contributed by atoms with Gasteiger partial charge in [-0.2, -0.15) is 41.3 Å². The van der Waals surface area contributed by atoms with Crippen LogP contribution in [0.4, 0.5) is 49.6 Å². The molecule has 0 saturated heterocycles. The van der Waals surface area contributed by atoms with Crippen molar-refractivity contribution in [3.8, 4) is 6.01 Å². The van der Waals surface area contributed by atoms with Crippen LogP contribution < -0.4 is 15.4 Å². The highest BCUT2D eigenvalue weighted by atomic mass is 19.4. The lowest BCUT2D eigenvalue weighted by molar-refractivity contribution is -0.384. The number of nitrogens with zero attached hydrogens (tertiary/aromatic N) is 4. The van der Waals surface area contributed by atoms with Gasteiger partial charge in [0, 0.05) is 23.9 Å². The average molecular weight is 440 g/mol. The number of nitro groups is 1. The maximum Gasteiger partial charge on any atom is 0.434 e. The van der Waals surface area contributed by atoms with E-state index >= 15 is 0 Å². The fraction of sp³-hybridized carbons (Fsp3) is 0.400. The Morgan fingerprint density at radius 1 is 1.03 bits per heavy atom. The zero-order chi connectivity index (χ0) is 22.7. The first-order valence-electron chi connectivity index (χ1n) is 8.10. The van der Waals surface area contributed by atoms with Gasteiger partial charge < -0.3 is 15.4 Å². The Morgan fingerprint density at radius 2 is 1.63 bits per heavy atom. The molecule has 2 rings (SSSR count). The van der Waals surface area contributed by atoms with Gasteiger partial charge in [-0.15, -0.1) is 0 Å². The van der Waals surface area contributed by atoms with Crippen LogP contribution in [-0.4, -0.2) is 44.4 Å². The predicted molar refractivity (Wildman–Crippen MR) is 91.5 cm³/mol. The van der Waals surface area contributed by atoms with Gasteiger partial charge in [0.05, 0.1) is 4.92 Å². The molecule has 30 heavy (non-hydrogen) atoms. The molecule has 0 unspecified atom stereocenters. The summed E-state index contributed by atoms with van der Waals surface area (Å²) in [7, 11) is 0. The Hall–Kier alpha value is -3.39. The van der Waals surface area contributed by atoms with E-state index in [0.29, 0.717) is 0 Å². The summed E-state index contributed by atoms with van der Waals surface area (Å²) < 4.78 is 80.6. The van der Waals surface area contributed by atoms with Crippen LogP contribution in [0.3, 0.4) is 0 Å². The minimum Gasteiger partial charge on any atom is -0.440 e. The van der Waals surface area contributed by atoms with Gasteiger partial charge in [0.15, 0.2) is 0 Å². The first kappa shape index (κ1) is 22.9. The van der Waals surface area contributed by atoms with Crippen molar-refractivity contribution in [2.75, 3.05) is 10.6 Å². The number of benzene rings is 1. The molecule has 0 aliphatic carbocycles. The Morgan fingerprint density at radius 3 is 2.17 bits per heavy atom. The molecule has 1 aromatic heterocycles. The molecule has 1 aromatic carbocycles. The third-order valence-electron chi connectivity index (χ3n) is 3.16. The molecule has 0 aliphatic heterocycles. The molecule has 1 heterocycles. The molecule has 15 heteroatoms. The first-order chi connectivity index (χ1) is 13.8. The second-order valence-electron chi connectivity index (χ2n) is 6.08. The van der Waals surface area contributed by atoms with Crippen molar-refractivity contribution in [2.24, 2.45) is 0 Å². The molecule has 0 saturated carbocycles. The summed E-state index contributed by atoms with van der Waals surface area (Å²) in [6.07, 6.45) is -15.7. The predicted octanol–water partition coefficient (Wildman–Crippen LogP) is 4.22. The second-order valence-corrected chi connectivity index (χ2v) is 6.08. The molecule has 0 radical (unpaired) electrons. The molecule has 2 aromatic rings. The number of rotatable bonds is 7. The Kier molecular flexibility index (Phi) is 6.52. The van der Waals surface area contributed by atoms with Gasteiger partial charge in [0.1, 0.15) is 0 Å². The van der Waals surface area contributed by atoms with Crippen molar-refractivity contribution >= 4 is 23.3 Å². The molecular formula is C15H14F6N6O3. The zero-order valence-corrected chi connectivity index (χ0v) is 15.2. The number of anilines is 3. The van der Waals surface area contributed by atoms with Gasteiger partial charge >= 0.3 is 18.4 Å². The van der Waals surface area contributed by atoms with E-state index in [9.17, 15) is 36.5 Å². The molecule has 0 spiro atoms. The molecule has 0 bridgehead atoms. The van der Waals surface area contributed by atoms with Crippen molar-refractivity contribution in [2.45, 2.75) is 38.3 Å². The Bertz CT molecular complexity index is 891. The fourth-order valence-corrected chi connectivity index (χ4v) is 2.04. The van der Waals surface area contributed by atoms with Crippen LogP contribution in [0.2, 0.25) is 0 Å². The highest BCUT2D eigenvalue weighted by Gasteiger charge is 2.59. The third kappa shape index (κ3) is 6.31. The van der Waals surface area contributed by atoms with E-state index in [1.165, 1.54) is 18.2 Å². The molecule has 0 amide bonds. The van der Waals surface area contributed by atoms with E-state index in [4.69, 9.17) is 0 Å². The van der Waals surface area contributed by atoms with Crippen LogP contribution in [-0.2, 0) is 0 Å². The van der Waals surface area contributed by atoms with Crippen LogP contribution >= 0.6 is 0 Å². The van der Waals surface area contributed by atoms with Gasteiger partial charge in [-0.05, 0) is 19.9 Å². The van der Waals surface area contributed by atoms with Crippen LogP contribution in [0.1, 0.15) is 13.8 Å². The Balaban J connectivity index is 2.42. The number of ether oxygens (including phenoxy) is 1. The molecule has 2 N–H and O–H groups in total. The van der Waals surface area contributed by atoms with E-state index in [0.717, 1.165) is 6.07 Å². The largest absolute Gasteiger partial charge is 0.440 e. The molecule has 0 fully saturated rings. The minimum absolute atomic E-state index is 0.0556. The highest BCUT2D eigenvalue weighted by Crippen LogP contribution is 2.36. The SMILES string of the molecule is CC(C)Nc1nc(Nc2cccc([N+](=O)[O-])c2)nc(OC(C(F)(F)F)C(F)(F)F)n1. The summed E-state index contributed by atoms with van der Waals surface area (Å²) in [6.45, 7) is 3.23. The van der Waals surface area contributed by atoms with E-state index in [1.54, 1.807) is 13.8 Å². The molecule has 9 nitrogen and oxygen atoms in total. The van der Waals surface area contributed by atoms with Crippen LogP contribution in [0, 0.1) is 10.1 Å². The van der Waals surface area contributed by atoms with Crippen LogP contribution in [0.5, 0.6) is 6.01 Å². The number of alkyl halides is 6. The zero-order valence-electron chi connectivity index (χ0n) is 15.2. The van der Waals surface area contributed by atoms with Gasteiger partial charge in [0.2, 0.25) is 11.9 Å². The molecule has 0 atom stereocenters. The van der Waals surface area contributed by atoms with Gasteiger partial charge in [-0.1, -0.05) is 6.07 Å². The van der Waals surface area contributed by atoms with Gasteiger partial charge in [0.25, 0.3) is 11.8 Å². The Labute approximate surface area is 164 Å². The summed E-state index contributed by atoms with van der Waals surface area (Å²) in [5.74, 6) is -0.863. The van der Waals surface area contributed by atoms with Gasteiger partial charge in [-0.3, -0.25) is 10.1 Å². The molecule has 164 valence electrons. The summed E-state index contributed by atoms with van der Waals surface area (Å²) >= 11 is 0. The average Bonchev–Trinajstić information content (AvgIpc) is 2.57. The molecule has 0 aliphatic rings. The van der Waals surface area contributed by atoms with Crippen LogP contribution in [0.25, 0.3) is 0 Å². The van der Waals surface area contributed by atoms with Crippen molar-refractivity contribution < 1.29 is 36.0 Å². The number of nitro benzene ring substituents is 1. The third-order valence-corrected chi connectivity index (χ3v) is 3.16. The topological polar surface area (TPSA) is 115 Å². The standard InChI is InChI=1S/C15H14F6N6O3/c1-7(2)22-11-24-12(23-8-4-3-5-9(6-8)27(28)29)26-13(25-11)30-10(14(16,17)18)15(19,20)21/h3-7,10H,1-2H3,(H2,22,23,24,25,26). The van der Waals surface area contributed by atoms with E-state index in [-0.39, 0.29) is 23.4 Å². The highest BCUT2D eigenvalue weighted by molar-refractivity contribution is 5.58. The number of aromatic nitrogens is 3. The lowest BCUT2D eigenvalue weighted by atomic mass is 10.3. The van der Waals surface area contributed by atoms with Crippen molar-refractivity contribution in [1.29, 1.82) is 0 Å². The maximum absolute atomic E-state index is 12.8. The quantitative estimate of drug-likeness (QED) is 0.374. The summed E-state index contributed by atoms with van der Waals surface area (Å²) in [4.78, 5) is 20.8. The smallest absolute Gasteiger partial charge is 0.434 e. The second kappa shape index (κ2) is 8.54. The molecular weight excluding hydrogens is 426 g/mol. The van der Waals surface area contributed by atoms with Crippen LogP contribution in [0.15, 0.2) is 24.3 Å². The summed E-state index contributed by atoms with van der Waals surface area (Å²) in [5.41, 5.74) is -0.264. The van der Waals surface area contributed by atoms with Crippen molar-refractivity contribution in [1.82, 2.24) is 15.0 Å². The summed E-state index contributed by atoms with van der Waals surface area (Å²) in [5, 5.41) is 15.9. The van der Waals surface area contributed by atoms with E-state index < -0.39 is 35.3 Å². The number of hydrogen-bond donors (Lipinski definition) is 2.